The van der Waals surface area contributed by atoms with Gasteiger partial charge in [0.1, 0.15) is 0 Å². The summed E-state index contributed by atoms with van der Waals surface area (Å²) in [5.74, 6) is -0.462. The van der Waals surface area contributed by atoms with Crippen LogP contribution >= 0.6 is 11.6 Å². The van der Waals surface area contributed by atoms with Crippen molar-refractivity contribution in [2.75, 3.05) is 0 Å². The lowest BCUT2D eigenvalue weighted by Gasteiger charge is -1.99. The van der Waals surface area contributed by atoms with E-state index in [2.05, 4.69) is 4.98 Å². The van der Waals surface area contributed by atoms with Crippen molar-refractivity contribution in [1.82, 2.24) is 4.98 Å². The van der Waals surface area contributed by atoms with E-state index in [1.807, 2.05) is 0 Å². The van der Waals surface area contributed by atoms with Gasteiger partial charge in [-0.25, -0.2) is 4.98 Å². The van der Waals surface area contributed by atoms with Gasteiger partial charge in [0.2, 0.25) is 5.95 Å². The Morgan fingerprint density at radius 2 is 2.27 bits per heavy atom. The maximum absolute atomic E-state index is 12.6. The van der Waals surface area contributed by atoms with Gasteiger partial charge in [-0.2, -0.15) is 4.39 Å². The van der Waals surface area contributed by atoms with Gasteiger partial charge in [0.05, 0.1) is 5.02 Å². The molecular weight excluding hydrogens is 165 g/mol. The molecule has 11 heavy (non-hydrogen) atoms. The smallest absolute Gasteiger partial charge is 0.214 e. The van der Waals surface area contributed by atoms with E-state index in [-0.39, 0.29) is 0 Å². The van der Waals surface area contributed by atoms with Crippen LogP contribution in [0.4, 0.5) is 4.39 Å². The van der Waals surface area contributed by atoms with Crippen molar-refractivity contribution in [2.24, 2.45) is 0 Å². The molecule has 0 aromatic carbocycles. The maximum atomic E-state index is 12.6. The first-order chi connectivity index (χ1) is 5.27. The zero-order valence-electron chi connectivity index (χ0n) is 5.90. The molecule has 1 aromatic heterocycles. The molecular formula is C8H7ClFN. The molecule has 1 nitrogen and oxygen atoms in total. The van der Waals surface area contributed by atoms with Crippen molar-refractivity contribution < 1.29 is 4.39 Å². The Bertz CT molecular complexity index is 298. The van der Waals surface area contributed by atoms with Gasteiger partial charge in [0, 0.05) is 11.8 Å². The molecule has 1 aromatic rings. The number of nitrogens with zero attached hydrogens (tertiary/aromatic N) is 1. The largest absolute Gasteiger partial charge is 0.224 e. The number of aryl methyl sites for hydroxylation is 1. The lowest BCUT2D eigenvalue weighted by atomic mass is 10.2. The summed E-state index contributed by atoms with van der Waals surface area (Å²) in [4.78, 5) is 3.76. The Labute approximate surface area is 69.2 Å². The molecule has 0 saturated carbocycles. The number of halogens is 2. The van der Waals surface area contributed by atoms with Crippen molar-refractivity contribution in [3.05, 3.63) is 28.3 Å². The lowest BCUT2D eigenvalue weighted by molar-refractivity contribution is 0.578. The number of aromatic nitrogens is 1. The number of rotatable bonds is 0. The molecule has 0 aliphatic heterocycles. The second-order valence-electron chi connectivity index (χ2n) is 2.71. The number of pyridine rings is 1. The second-order valence-corrected chi connectivity index (χ2v) is 3.11. The summed E-state index contributed by atoms with van der Waals surface area (Å²) >= 11 is 5.79. The third-order valence-electron chi connectivity index (χ3n) is 1.96. The molecule has 58 valence electrons. The van der Waals surface area contributed by atoms with E-state index in [0.717, 1.165) is 30.5 Å². The molecule has 0 spiro atoms. The normalized spacial score (nSPS) is 15.1. The highest BCUT2D eigenvalue weighted by Crippen LogP contribution is 2.27. The van der Waals surface area contributed by atoms with Crippen LogP contribution in [0.1, 0.15) is 17.7 Å². The average molecular weight is 172 g/mol. The molecule has 1 aliphatic carbocycles. The van der Waals surface area contributed by atoms with Gasteiger partial charge in [-0.3, -0.25) is 0 Å². The van der Waals surface area contributed by atoms with Crippen LogP contribution in [0, 0.1) is 5.95 Å². The summed E-state index contributed by atoms with van der Waals surface area (Å²) < 4.78 is 12.6. The second kappa shape index (κ2) is 2.45. The van der Waals surface area contributed by atoms with Gasteiger partial charge in [0.25, 0.3) is 0 Å². The molecule has 0 fully saturated rings. The first-order valence-electron chi connectivity index (χ1n) is 3.61. The summed E-state index contributed by atoms with van der Waals surface area (Å²) in [6, 6.07) is 1.28. The zero-order chi connectivity index (χ0) is 7.84. The SMILES string of the molecule is Fc1cc(Cl)c2c(n1)CCC2. The topological polar surface area (TPSA) is 12.9 Å². The number of hydrogen-bond donors (Lipinski definition) is 0. The number of fused-ring (bicyclic) bond motifs is 1. The van der Waals surface area contributed by atoms with Crippen LogP contribution in [0.3, 0.4) is 0 Å². The highest BCUT2D eigenvalue weighted by Gasteiger charge is 2.16. The molecule has 1 aliphatic rings. The van der Waals surface area contributed by atoms with Crippen molar-refractivity contribution in [3.8, 4) is 0 Å². The Balaban J connectivity index is 2.60. The van der Waals surface area contributed by atoms with E-state index >= 15 is 0 Å². The summed E-state index contributed by atoms with van der Waals surface area (Å²) in [5, 5.41) is 0.532. The molecule has 0 saturated heterocycles. The van der Waals surface area contributed by atoms with Gasteiger partial charge in [0.15, 0.2) is 0 Å². The highest BCUT2D eigenvalue weighted by atomic mass is 35.5. The quantitative estimate of drug-likeness (QED) is 0.546. The Hall–Kier alpha value is -0.630. The minimum Gasteiger partial charge on any atom is -0.224 e. The zero-order valence-corrected chi connectivity index (χ0v) is 6.66. The molecule has 0 unspecified atom stereocenters. The van der Waals surface area contributed by atoms with Crippen LogP contribution < -0.4 is 0 Å². The van der Waals surface area contributed by atoms with Crippen molar-refractivity contribution in [2.45, 2.75) is 19.3 Å². The van der Waals surface area contributed by atoms with Crippen molar-refractivity contribution in [1.29, 1.82) is 0 Å². The van der Waals surface area contributed by atoms with E-state index in [0.29, 0.717) is 5.02 Å². The van der Waals surface area contributed by atoms with Crippen LogP contribution in [0.2, 0.25) is 5.02 Å². The summed E-state index contributed by atoms with van der Waals surface area (Å²) in [5.41, 5.74) is 1.88. The molecule has 2 rings (SSSR count). The molecule has 0 amide bonds. The lowest BCUT2D eigenvalue weighted by Crippen LogP contribution is -1.92. The molecule has 0 N–H and O–H groups in total. The minimum absolute atomic E-state index is 0.462. The van der Waals surface area contributed by atoms with E-state index in [9.17, 15) is 4.39 Å². The molecule has 3 heteroatoms. The Kier molecular flexibility index (Phi) is 1.57. The van der Waals surface area contributed by atoms with E-state index in [1.54, 1.807) is 0 Å². The van der Waals surface area contributed by atoms with Gasteiger partial charge in [-0.15, -0.1) is 0 Å². The standard InChI is InChI=1S/C8H7ClFN/c9-6-4-8(10)11-7-3-1-2-5(6)7/h4H,1-3H2. The fourth-order valence-electron chi connectivity index (χ4n) is 1.46. The monoisotopic (exact) mass is 171 g/mol. The fraction of sp³-hybridized carbons (Fsp3) is 0.375. The van der Waals surface area contributed by atoms with Gasteiger partial charge >= 0.3 is 0 Å². The van der Waals surface area contributed by atoms with Gasteiger partial charge in [-0.05, 0) is 24.8 Å². The Morgan fingerprint density at radius 3 is 3.09 bits per heavy atom. The van der Waals surface area contributed by atoms with Crippen LogP contribution in [-0.2, 0) is 12.8 Å². The summed E-state index contributed by atoms with van der Waals surface area (Å²) in [6.07, 6.45) is 2.86. The molecule has 0 radical (unpaired) electrons. The van der Waals surface area contributed by atoms with Crippen LogP contribution in [0.25, 0.3) is 0 Å². The molecule has 0 atom stereocenters. The average Bonchev–Trinajstić information content (AvgIpc) is 2.34. The van der Waals surface area contributed by atoms with Crippen LogP contribution in [0.15, 0.2) is 6.07 Å². The molecule has 0 bridgehead atoms. The third-order valence-corrected chi connectivity index (χ3v) is 2.30. The van der Waals surface area contributed by atoms with E-state index < -0.39 is 5.95 Å². The van der Waals surface area contributed by atoms with E-state index in [4.69, 9.17) is 11.6 Å². The fourth-order valence-corrected chi connectivity index (χ4v) is 1.75. The van der Waals surface area contributed by atoms with E-state index in [1.165, 1.54) is 6.07 Å². The minimum atomic E-state index is -0.462. The highest BCUT2D eigenvalue weighted by molar-refractivity contribution is 6.31. The predicted molar refractivity (Wildman–Crippen MR) is 41.2 cm³/mol. The molecule has 1 heterocycles. The van der Waals surface area contributed by atoms with Crippen LogP contribution in [-0.4, -0.2) is 4.98 Å². The third kappa shape index (κ3) is 1.11. The van der Waals surface area contributed by atoms with Crippen LogP contribution in [0.5, 0.6) is 0 Å². The maximum Gasteiger partial charge on any atom is 0.214 e. The first kappa shape index (κ1) is 7.04. The summed E-state index contributed by atoms with van der Waals surface area (Å²) in [7, 11) is 0. The Morgan fingerprint density at radius 1 is 1.45 bits per heavy atom. The van der Waals surface area contributed by atoms with Gasteiger partial charge in [-0.1, -0.05) is 11.6 Å². The number of hydrogen-bond acceptors (Lipinski definition) is 1. The van der Waals surface area contributed by atoms with Crippen molar-refractivity contribution >= 4 is 11.6 Å². The van der Waals surface area contributed by atoms with Gasteiger partial charge < -0.3 is 0 Å². The predicted octanol–water partition coefficient (Wildman–Crippen LogP) is 2.36. The van der Waals surface area contributed by atoms with Crippen molar-refractivity contribution in [3.63, 3.8) is 0 Å². The summed E-state index contributed by atoms with van der Waals surface area (Å²) in [6.45, 7) is 0. The first-order valence-corrected chi connectivity index (χ1v) is 3.99.